The van der Waals surface area contributed by atoms with E-state index in [1.54, 1.807) is 6.20 Å². The highest BCUT2D eigenvalue weighted by atomic mass is 35.5. The predicted molar refractivity (Wildman–Crippen MR) is 114 cm³/mol. The summed E-state index contributed by atoms with van der Waals surface area (Å²) in [7, 11) is 0. The van der Waals surface area contributed by atoms with Crippen LogP contribution < -0.4 is 16.2 Å². The van der Waals surface area contributed by atoms with Gasteiger partial charge in [-0.3, -0.25) is 14.6 Å². The van der Waals surface area contributed by atoms with Crippen molar-refractivity contribution < 1.29 is 9.59 Å². The van der Waals surface area contributed by atoms with Crippen molar-refractivity contribution in [2.45, 2.75) is 37.9 Å². The molecule has 158 valence electrons. The summed E-state index contributed by atoms with van der Waals surface area (Å²) in [6.45, 7) is 1.61. The molecule has 3 N–H and O–H groups in total. The van der Waals surface area contributed by atoms with Crippen molar-refractivity contribution in [3.63, 3.8) is 0 Å². The standard InChI is InChI=1S/C22H26ClN5O2/c23-18-6-2-1-4-16(18)14-25-21(29)15-7-10-28(11-8-15)22(30)20-12-19(26-27-20)17-5-3-9-24-13-17/h1-6,9,13,15,19-20,26-27H,7-8,10-12,14H2,(H,25,29). The van der Waals surface area contributed by atoms with E-state index in [1.165, 1.54) is 0 Å². The number of aromatic nitrogens is 1. The number of likely N-dealkylation sites (tertiary alicyclic amines) is 1. The third-order valence-corrected chi connectivity index (χ3v) is 6.25. The number of pyridine rings is 1. The molecule has 3 heterocycles. The zero-order valence-corrected chi connectivity index (χ0v) is 17.4. The Labute approximate surface area is 181 Å². The molecule has 1 aromatic carbocycles. The molecule has 2 atom stereocenters. The van der Waals surface area contributed by atoms with Crippen LogP contribution in [0.3, 0.4) is 0 Å². The van der Waals surface area contributed by atoms with Gasteiger partial charge in [0.15, 0.2) is 0 Å². The van der Waals surface area contributed by atoms with Crippen LogP contribution >= 0.6 is 11.6 Å². The van der Waals surface area contributed by atoms with Crippen molar-refractivity contribution in [2.24, 2.45) is 5.92 Å². The molecule has 2 fully saturated rings. The van der Waals surface area contributed by atoms with Crippen molar-refractivity contribution in [3.8, 4) is 0 Å². The van der Waals surface area contributed by atoms with Crippen molar-refractivity contribution in [2.75, 3.05) is 13.1 Å². The lowest BCUT2D eigenvalue weighted by Gasteiger charge is -2.32. The van der Waals surface area contributed by atoms with Gasteiger partial charge in [0.2, 0.25) is 11.8 Å². The number of hydrogen-bond donors (Lipinski definition) is 3. The monoisotopic (exact) mass is 427 g/mol. The quantitative estimate of drug-likeness (QED) is 0.681. The number of benzene rings is 1. The fraction of sp³-hybridized carbons (Fsp3) is 0.409. The lowest BCUT2D eigenvalue weighted by atomic mass is 9.94. The van der Waals surface area contributed by atoms with Crippen LogP contribution in [0.2, 0.25) is 5.02 Å². The van der Waals surface area contributed by atoms with Crippen LogP contribution in [0.4, 0.5) is 0 Å². The molecule has 2 unspecified atom stereocenters. The van der Waals surface area contributed by atoms with E-state index >= 15 is 0 Å². The van der Waals surface area contributed by atoms with Crippen LogP contribution in [0.15, 0.2) is 48.8 Å². The molecule has 7 nitrogen and oxygen atoms in total. The molecule has 2 aliphatic rings. The number of halogens is 1. The van der Waals surface area contributed by atoms with E-state index in [4.69, 9.17) is 11.6 Å². The van der Waals surface area contributed by atoms with E-state index in [0.717, 1.165) is 11.1 Å². The lowest BCUT2D eigenvalue weighted by molar-refractivity contribution is -0.137. The minimum atomic E-state index is -0.263. The number of nitrogens with zero attached hydrogens (tertiary/aromatic N) is 2. The molecule has 4 rings (SSSR count). The summed E-state index contributed by atoms with van der Waals surface area (Å²) < 4.78 is 0. The number of hydrogen-bond acceptors (Lipinski definition) is 5. The van der Waals surface area contributed by atoms with E-state index in [0.29, 0.717) is 43.9 Å². The average molecular weight is 428 g/mol. The first kappa shape index (κ1) is 20.8. The van der Waals surface area contributed by atoms with Crippen molar-refractivity contribution in [1.82, 2.24) is 26.1 Å². The van der Waals surface area contributed by atoms with Crippen LogP contribution in [0, 0.1) is 5.92 Å². The summed E-state index contributed by atoms with van der Waals surface area (Å²) >= 11 is 6.15. The van der Waals surface area contributed by atoms with Crippen LogP contribution in [0.25, 0.3) is 0 Å². The molecule has 2 amide bonds. The lowest BCUT2D eigenvalue weighted by Crippen LogP contribution is -2.49. The Morgan fingerprint density at radius 1 is 1.13 bits per heavy atom. The van der Waals surface area contributed by atoms with Crippen molar-refractivity contribution in [1.29, 1.82) is 0 Å². The zero-order valence-electron chi connectivity index (χ0n) is 16.7. The SMILES string of the molecule is O=C(NCc1ccccc1Cl)C1CCN(C(=O)C2CC(c3cccnc3)NN2)CC1. The van der Waals surface area contributed by atoms with Gasteiger partial charge >= 0.3 is 0 Å². The number of rotatable bonds is 5. The van der Waals surface area contributed by atoms with E-state index in [1.807, 2.05) is 47.5 Å². The van der Waals surface area contributed by atoms with Gasteiger partial charge in [0.1, 0.15) is 6.04 Å². The summed E-state index contributed by atoms with van der Waals surface area (Å²) in [5.74, 6) is 0.0393. The number of carbonyl (C=O) groups excluding carboxylic acids is 2. The van der Waals surface area contributed by atoms with E-state index in [-0.39, 0.29) is 29.8 Å². The minimum Gasteiger partial charge on any atom is -0.352 e. The summed E-state index contributed by atoms with van der Waals surface area (Å²) in [6.07, 6.45) is 5.59. The Kier molecular flexibility index (Phi) is 6.62. The Morgan fingerprint density at radius 3 is 2.67 bits per heavy atom. The summed E-state index contributed by atoms with van der Waals surface area (Å²) in [6, 6.07) is 11.2. The Bertz CT molecular complexity index is 886. The Morgan fingerprint density at radius 2 is 1.93 bits per heavy atom. The normalized spacial score (nSPS) is 22.1. The highest BCUT2D eigenvalue weighted by Gasteiger charge is 2.35. The average Bonchev–Trinajstić information content (AvgIpc) is 3.29. The van der Waals surface area contributed by atoms with Crippen molar-refractivity contribution in [3.05, 3.63) is 64.9 Å². The van der Waals surface area contributed by atoms with Crippen LogP contribution in [0.5, 0.6) is 0 Å². The molecular weight excluding hydrogens is 402 g/mol. The topological polar surface area (TPSA) is 86.4 Å². The molecule has 0 aliphatic carbocycles. The summed E-state index contributed by atoms with van der Waals surface area (Å²) in [5.41, 5.74) is 8.28. The predicted octanol–water partition coefficient (Wildman–Crippen LogP) is 2.20. The second kappa shape index (κ2) is 9.55. The molecule has 0 spiro atoms. The second-order valence-corrected chi connectivity index (χ2v) is 8.23. The highest BCUT2D eigenvalue weighted by Crippen LogP contribution is 2.24. The van der Waals surface area contributed by atoms with E-state index < -0.39 is 0 Å². The fourth-order valence-corrected chi connectivity index (χ4v) is 4.27. The summed E-state index contributed by atoms with van der Waals surface area (Å²) in [5, 5.41) is 3.63. The number of piperidine rings is 1. The molecule has 1 aromatic heterocycles. The minimum absolute atomic E-state index is 0.0271. The van der Waals surface area contributed by atoms with Crippen LogP contribution in [-0.2, 0) is 16.1 Å². The van der Waals surface area contributed by atoms with Gasteiger partial charge in [-0.25, -0.2) is 10.9 Å². The first-order valence-corrected chi connectivity index (χ1v) is 10.7. The molecule has 2 aromatic rings. The number of amides is 2. The van der Waals surface area contributed by atoms with E-state index in [2.05, 4.69) is 21.2 Å². The third-order valence-electron chi connectivity index (χ3n) is 5.88. The number of nitrogens with one attached hydrogen (secondary N) is 3. The maximum Gasteiger partial charge on any atom is 0.241 e. The van der Waals surface area contributed by atoms with Gasteiger partial charge in [-0.15, -0.1) is 0 Å². The number of hydrazine groups is 1. The van der Waals surface area contributed by atoms with Crippen LogP contribution in [0.1, 0.15) is 36.4 Å². The van der Waals surface area contributed by atoms with E-state index in [9.17, 15) is 9.59 Å². The largest absolute Gasteiger partial charge is 0.352 e. The third kappa shape index (κ3) is 4.80. The van der Waals surface area contributed by atoms with Gasteiger partial charge in [0, 0.05) is 49.0 Å². The first-order chi connectivity index (χ1) is 14.6. The Hall–Kier alpha value is -2.48. The molecule has 2 aliphatic heterocycles. The smallest absolute Gasteiger partial charge is 0.241 e. The Balaban J connectivity index is 1.24. The first-order valence-electron chi connectivity index (χ1n) is 10.3. The molecule has 2 saturated heterocycles. The van der Waals surface area contributed by atoms with Gasteiger partial charge < -0.3 is 10.2 Å². The molecule has 30 heavy (non-hydrogen) atoms. The molecule has 8 heteroatoms. The summed E-state index contributed by atoms with van der Waals surface area (Å²) in [4.78, 5) is 31.4. The van der Waals surface area contributed by atoms with Gasteiger partial charge in [-0.2, -0.15) is 0 Å². The zero-order chi connectivity index (χ0) is 20.9. The second-order valence-electron chi connectivity index (χ2n) is 7.82. The number of carbonyl (C=O) groups is 2. The molecule has 0 radical (unpaired) electrons. The maximum atomic E-state index is 12.9. The molecular formula is C22H26ClN5O2. The molecule has 0 saturated carbocycles. The van der Waals surface area contributed by atoms with Gasteiger partial charge in [-0.05, 0) is 42.5 Å². The molecule has 0 bridgehead atoms. The van der Waals surface area contributed by atoms with Crippen molar-refractivity contribution >= 4 is 23.4 Å². The fourth-order valence-electron chi connectivity index (χ4n) is 4.07. The highest BCUT2D eigenvalue weighted by molar-refractivity contribution is 6.31. The van der Waals surface area contributed by atoms with Gasteiger partial charge in [0.05, 0.1) is 0 Å². The maximum absolute atomic E-state index is 12.9. The van der Waals surface area contributed by atoms with Crippen LogP contribution in [-0.4, -0.2) is 40.8 Å². The van der Waals surface area contributed by atoms with Gasteiger partial charge in [0.25, 0.3) is 0 Å². The van der Waals surface area contributed by atoms with Gasteiger partial charge in [-0.1, -0.05) is 35.9 Å².